The Balaban J connectivity index is 2.19. The molecule has 0 radical (unpaired) electrons. The molecule has 0 spiro atoms. The number of ether oxygens (including phenoxy) is 1. The molecule has 0 aliphatic carbocycles. The summed E-state index contributed by atoms with van der Waals surface area (Å²) in [5.41, 5.74) is 0.0832. The zero-order valence-corrected chi connectivity index (χ0v) is 14.7. The van der Waals surface area contributed by atoms with Crippen molar-refractivity contribution < 1.29 is 23.5 Å². The van der Waals surface area contributed by atoms with Crippen LogP contribution in [-0.2, 0) is 19.1 Å². The lowest BCUT2D eigenvalue weighted by Crippen LogP contribution is -2.42. The van der Waals surface area contributed by atoms with Crippen molar-refractivity contribution in [2.24, 2.45) is 0 Å². The van der Waals surface area contributed by atoms with Crippen LogP contribution >= 0.6 is 11.8 Å². The smallest absolute Gasteiger partial charge is 0.316 e. The summed E-state index contributed by atoms with van der Waals surface area (Å²) in [6, 6.07) is 5.37. The van der Waals surface area contributed by atoms with Crippen LogP contribution < -0.4 is 10.6 Å². The summed E-state index contributed by atoms with van der Waals surface area (Å²) in [6.45, 7) is 5.12. The topological polar surface area (TPSA) is 84.5 Å². The van der Waals surface area contributed by atoms with Crippen LogP contribution in [0.3, 0.4) is 0 Å². The van der Waals surface area contributed by atoms with Crippen molar-refractivity contribution in [2.75, 3.05) is 23.4 Å². The highest BCUT2D eigenvalue weighted by atomic mass is 32.2. The number of benzene rings is 1. The summed E-state index contributed by atoms with van der Waals surface area (Å²) in [7, 11) is 0. The third-order valence-corrected chi connectivity index (χ3v) is 3.37. The van der Waals surface area contributed by atoms with Crippen LogP contribution in [0.5, 0.6) is 0 Å². The molecule has 0 aliphatic heterocycles. The van der Waals surface area contributed by atoms with Crippen molar-refractivity contribution in [3.05, 3.63) is 30.1 Å². The second-order valence-electron chi connectivity index (χ2n) is 6.01. The predicted octanol–water partition coefficient (Wildman–Crippen LogP) is 1.96. The fourth-order valence-electron chi connectivity index (χ4n) is 1.60. The van der Waals surface area contributed by atoms with E-state index in [1.54, 1.807) is 0 Å². The molecule has 1 aromatic carbocycles. The predicted molar refractivity (Wildman–Crippen MR) is 91.2 cm³/mol. The molecule has 6 nitrogen and oxygen atoms in total. The zero-order valence-electron chi connectivity index (χ0n) is 13.8. The summed E-state index contributed by atoms with van der Waals surface area (Å²) in [5.74, 6) is -1.65. The maximum absolute atomic E-state index is 12.7. The number of amides is 2. The number of esters is 1. The molecule has 132 valence electrons. The van der Waals surface area contributed by atoms with Crippen LogP contribution in [0.1, 0.15) is 20.8 Å². The monoisotopic (exact) mass is 356 g/mol. The molecule has 0 bridgehead atoms. The first-order valence-corrected chi connectivity index (χ1v) is 8.41. The fourth-order valence-corrected chi connectivity index (χ4v) is 2.21. The third-order valence-electron chi connectivity index (χ3n) is 2.46. The van der Waals surface area contributed by atoms with E-state index in [1.165, 1.54) is 24.3 Å². The first kappa shape index (κ1) is 20.0. The Morgan fingerprint density at radius 3 is 2.29 bits per heavy atom. The van der Waals surface area contributed by atoms with E-state index in [1.807, 2.05) is 20.8 Å². The van der Waals surface area contributed by atoms with E-state index in [0.29, 0.717) is 5.69 Å². The van der Waals surface area contributed by atoms with Gasteiger partial charge in [0.25, 0.3) is 5.91 Å². The van der Waals surface area contributed by atoms with Crippen LogP contribution in [0.15, 0.2) is 24.3 Å². The normalized spacial score (nSPS) is 10.8. The minimum atomic E-state index is -0.571. The van der Waals surface area contributed by atoms with Crippen molar-refractivity contribution in [1.82, 2.24) is 5.32 Å². The summed E-state index contributed by atoms with van der Waals surface area (Å²) >= 11 is 1.06. The number of hydrogen-bond donors (Lipinski definition) is 2. The van der Waals surface area contributed by atoms with E-state index in [-0.39, 0.29) is 35.7 Å². The summed E-state index contributed by atoms with van der Waals surface area (Å²) in [5, 5.41) is 5.24. The number of halogens is 1. The highest BCUT2D eigenvalue weighted by Gasteiger charge is 2.15. The van der Waals surface area contributed by atoms with E-state index >= 15 is 0 Å². The molecular weight excluding hydrogens is 335 g/mol. The Hall–Kier alpha value is -2.09. The quantitative estimate of drug-likeness (QED) is 0.730. The maximum Gasteiger partial charge on any atom is 0.316 e. The Labute approximate surface area is 144 Å². The van der Waals surface area contributed by atoms with Crippen LogP contribution in [0.25, 0.3) is 0 Å². The molecule has 0 saturated carbocycles. The lowest BCUT2D eigenvalue weighted by Gasteiger charge is -2.20. The van der Waals surface area contributed by atoms with Crippen LogP contribution in [0.4, 0.5) is 10.1 Å². The van der Waals surface area contributed by atoms with Gasteiger partial charge in [0, 0.05) is 11.2 Å². The molecular formula is C16H21FN2O4S. The van der Waals surface area contributed by atoms with Crippen LogP contribution in [-0.4, -0.2) is 41.4 Å². The standard InChI is InChI=1S/C16H21FN2O4S/c1-16(2,3)19-13(20)8-23-15(22)10-24-9-14(21)18-12-6-4-11(17)5-7-12/h4-7H,8-10H2,1-3H3,(H,18,21)(H,19,20). The number of carbonyl (C=O) groups is 3. The minimum Gasteiger partial charge on any atom is -0.455 e. The van der Waals surface area contributed by atoms with Crippen LogP contribution in [0.2, 0.25) is 0 Å². The molecule has 0 fully saturated rings. The lowest BCUT2D eigenvalue weighted by molar-refractivity contribution is -0.146. The molecule has 0 heterocycles. The van der Waals surface area contributed by atoms with Gasteiger partial charge in [0.15, 0.2) is 6.61 Å². The Bertz CT molecular complexity index is 585. The van der Waals surface area contributed by atoms with Gasteiger partial charge in [0.1, 0.15) is 5.82 Å². The minimum absolute atomic E-state index is 0.0420. The number of carbonyl (C=O) groups excluding carboxylic acids is 3. The van der Waals surface area contributed by atoms with Gasteiger partial charge in [-0.15, -0.1) is 11.8 Å². The Morgan fingerprint density at radius 2 is 1.71 bits per heavy atom. The van der Waals surface area contributed by atoms with Gasteiger partial charge >= 0.3 is 5.97 Å². The highest BCUT2D eigenvalue weighted by Crippen LogP contribution is 2.09. The third kappa shape index (κ3) is 9.14. The average Bonchev–Trinajstić information content (AvgIpc) is 2.46. The van der Waals surface area contributed by atoms with Crippen molar-refractivity contribution >= 4 is 35.2 Å². The molecule has 8 heteroatoms. The first-order chi connectivity index (χ1) is 11.2. The van der Waals surface area contributed by atoms with Gasteiger partial charge in [-0.25, -0.2) is 4.39 Å². The van der Waals surface area contributed by atoms with Crippen molar-refractivity contribution in [3.63, 3.8) is 0 Å². The summed E-state index contributed by atoms with van der Waals surface area (Å²) in [4.78, 5) is 34.6. The number of anilines is 1. The molecule has 0 unspecified atom stereocenters. The highest BCUT2D eigenvalue weighted by molar-refractivity contribution is 8.00. The molecule has 0 atom stereocenters. The Morgan fingerprint density at radius 1 is 1.08 bits per heavy atom. The molecule has 24 heavy (non-hydrogen) atoms. The molecule has 0 saturated heterocycles. The zero-order chi connectivity index (χ0) is 18.2. The van der Waals surface area contributed by atoms with Gasteiger partial charge in [-0.05, 0) is 45.0 Å². The van der Waals surface area contributed by atoms with Gasteiger partial charge in [0.05, 0.1) is 11.5 Å². The van der Waals surface area contributed by atoms with Gasteiger partial charge in [-0.1, -0.05) is 0 Å². The van der Waals surface area contributed by atoms with Crippen molar-refractivity contribution in [2.45, 2.75) is 26.3 Å². The second kappa shape index (κ2) is 9.27. The lowest BCUT2D eigenvalue weighted by atomic mass is 10.1. The largest absolute Gasteiger partial charge is 0.455 e. The van der Waals surface area contributed by atoms with E-state index in [9.17, 15) is 18.8 Å². The van der Waals surface area contributed by atoms with Gasteiger partial charge in [0.2, 0.25) is 5.91 Å². The molecule has 2 N–H and O–H groups in total. The molecule has 2 amide bonds. The van der Waals surface area contributed by atoms with Crippen LogP contribution in [0, 0.1) is 5.82 Å². The van der Waals surface area contributed by atoms with E-state index < -0.39 is 11.5 Å². The average molecular weight is 356 g/mol. The number of rotatable bonds is 7. The van der Waals surface area contributed by atoms with Crippen molar-refractivity contribution in [3.8, 4) is 0 Å². The Kier molecular flexibility index (Phi) is 7.70. The molecule has 0 aromatic heterocycles. The molecule has 1 rings (SSSR count). The number of hydrogen-bond acceptors (Lipinski definition) is 5. The number of thioether (sulfide) groups is 1. The maximum atomic E-state index is 12.7. The van der Waals surface area contributed by atoms with Gasteiger partial charge in [-0.2, -0.15) is 0 Å². The van der Waals surface area contributed by atoms with E-state index in [4.69, 9.17) is 4.74 Å². The fraction of sp³-hybridized carbons (Fsp3) is 0.438. The summed E-state index contributed by atoms with van der Waals surface area (Å²) < 4.78 is 17.6. The molecule has 0 aliphatic rings. The van der Waals surface area contributed by atoms with E-state index in [2.05, 4.69) is 10.6 Å². The molecule has 1 aromatic rings. The van der Waals surface area contributed by atoms with Crippen molar-refractivity contribution in [1.29, 1.82) is 0 Å². The number of nitrogens with one attached hydrogen (secondary N) is 2. The summed E-state index contributed by atoms with van der Waals surface area (Å²) in [6.07, 6.45) is 0. The second-order valence-corrected chi connectivity index (χ2v) is 6.99. The van der Waals surface area contributed by atoms with Gasteiger partial charge < -0.3 is 15.4 Å². The van der Waals surface area contributed by atoms with Gasteiger partial charge in [-0.3, -0.25) is 14.4 Å². The van der Waals surface area contributed by atoms with E-state index in [0.717, 1.165) is 11.8 Å². The first-order valence-electron chi connectivity index (χ1n) is 7.25. The SMILES string of the molecule is CC(C)(C)NC(=O)COC(=O)CSCC(=O)Nc1ccc(F)cc1.